The summed E-state index contributed by atoms with van der Waals surface area (Å²) in [6, 6.07) is 5.29. The summed E-state index contributed by atoms with van der Waals surface area (Å²) < 4.78 is 27.5. The molecule has 104 valence electrons. The third kappa shape index (κ3) is 3.43. The highest BCUT2D eigenvalue weighted by Crippen LogP contribution is 2.25. The molecule has 1 atom stereocenters. The second kappa shape index (κ2) is 6.15. The summed E-state index contributed by atoms with van der Waals surface area (Å²) in [6.07, 6.45) is 0. The first-order valence-corrected chi connectivity index (χ1v) is 9.05. The zero-order chi connectivity index (χ0) is 13.9. The largest absolute Gasteiger partial charge is 0.315 e. The predicted molar refractivity (Wildman–Crippen MR) is 80.1 cm³/mol. The molecule has 0 spiro atoms. The molecule has 0 aliphatic rings. The van der Waals surface area contributed by atoms with Gasteiger partial charge in [-0.2, -0.15) is 0 Å². The van der Waals surface area contributed by atoms with Gasteiger partial charge in [-0.15, -0.1) is 22.7 Å². The lowest BCUT2D eigenvalue weighted by Gasteiger charge is -2.13. The van der Waals surface area contributed by atoms with Gasteiger partial charge in [0.05, 0.1) is 10.9 Å². The van der Waals surface area contributed by atoms with Gasteiger partial charge < -0.3 is 5.32 Å². The Morgan fingerprint density at radius 2 is 2.05 bits per heavy atom. The first-order chi connectivity index (χ1) is 9.04. The third-order valence-electron chi connectivity index (χ3n) is 2.63. The number of nitrogens with one attached hydrogen (secondary N) is 2. The minimum Gasteiger partial charge on any atom is -0.315 e. The fourth-order valence-corrected chi connectivity index (χ4v) is 5.24. The molecule has 0 aliphatic carbocycles. The highest BCUT2D eigenvalue weighted by molar-refractivity contribution is 7.89. The van der Waals surface area contributed by atoms with E-state index in [1.165, 1.54) is 11.3 Å². The second-order valence-electron chi connectivity index (χ2n) is 4.10. The molecule has 0 saturated carbocycles. The maximum atomic E-state index is 12.4. The van der Waals surface area contributed by atoms with E-state index in [4.69, 9.17) is 0 Å². The summed E-state index contributed by atoms with van der Waals surface area (Å²) in [6.45, 7) is 2.41. The smallest absolute Gasteiger partial charge is 0.242 e. The van der Waals surface area contributed by atoms with E-state index < -0.39 is 10.0 Å². The van der Waals surface area contributed by atoms with Crippen LogP contribution in [0.2, 0.25) is 0 Å². The number of sulfonamides is 1. The lowest BCUT2D eigenvalue weighted by Crippen LogP contribution is -2.27. The van der Waals surface area contributed by atoms with E-state index in [2.05, 4.69) is 10.0 Å². The van der Waals surface area contributed by atoms with Gasteiger partial charge in [0.15, 0.2) is 0 Å². The first kappa shape index (κ1) is 14.7. The molecule has 0 radical (unpaired) electrons. The standard InChI is InChI=1S/C12H16N2O2S3/c1-9(10-4-3-6-17-10)14-19(15,16)12-5-7-18-11(12)8-13-2/h3-7,9,13-14H,8H2,1-2H3. The number of rotatable bonds is 6. The van der Waals surface area contributed by atoms with Gasteiger partial charge >= 0.3 is 0 Å². The van der Waals surface area contributed by atoms with Crippen molar-refractivity contribution in [3.63, 3.8) is 0 Å². The second-order valence-corrected chi connectivity index (χ2v) is 7.76. The summed E-state index contributed by atoms with van der Waals surface area (Å²) in [5.41, 5.74) is 0. The molecule has 7 heteroatoms. The Hall–Kier alpha value is -0.730. The van der Waals surface area contributed by atoms with Crippen LogP contribution in [0.5, 0.6) is 0 Å². The highest BCUT2D eigenvalue weighted by atomic mass is 32.2. The molecule has 0 aromatic carbocycles. The molecular weight excluding hydrogens is 300 g/mol. The van der Waals surface area contributed by atoms with Crippen LogP contribution in [-0.2, 0) is 16.6 Å². The zero-order valence-electron chi connectivity index (χ0n) is 10.7. The van der Waals surface area contributed by atoms with Crippen LogP contribution in [0.3, 0.4) is 0 Å². The van der Waals surface area contributed by atoms with E-state index in [0.717, 1.165) is 9.75 Å². The van der Waals surface area contributed by atoms with Crippen LogP contribution in [0.1, 0.15) is 22.7 Å². The van der Waals surface area contributed by atoms with Crippen molar-refractivity contribution in [1.29, 1.82) is 0 Å². The molecule has 2 aromatic heterocycles. The van der Waals surface area contributed by atoms with Crippen molar-refractivity contribution in [3.8, 4) is 0 Å². The summed E-state index contributed by atoms with van der Waals surface area (Å²) in [4.78, 5) is 2.21. The highest BCUT2D eigenvalue weighted by Gasteiger charge is 2.22. The zero-order valence-corrected chi connectivity index (χ0v) is 13.2. The summed E-state index contributed by atoms with van der Waals surface area (Å²) in [7, 11) is -1.66. The van der Waals surface area contributed by atoms with Gasteiger partial charge in [-0.1, -0.05) is 6.07 Å². The molecule has 2 heterocycles. The monoisotopic (exact) mass is 316 g/mol. The van der Waals surface area contributed by atoms with Crippen molar-refractivity contribution < 1.29 is 8.42 Å². The molecule has 0 amide bonds. The quantitative estimate of drug-likeness (QED) is 0.861. The van der Waals surface area contributed by atoms with E-state index in [1.54, 1.807) is 29.8 Å². The summed E-state index contributed by atoms with van der Waals surface area (Å²) in [5, 5.41) is 6.73. The Bertz CT molecular complexity index is 617. The summed E-state index contributed by atoms with van der Waals surface area (Å²) in [5.74, 6) is 0. The lowest BCUT2D eigenvalue weighted by molar-refractivity contribution is 0.567. The molecule has 2 rings (SSSR count). The maximum absolute atomic E-state index is 12.4. The van der Waals surface area contributed by atoms with Gasteiger partial charge in [0.25, 0.3) is 0 Å². The van der Waals surface area contributed by atoms with Crippen LogP contribution in [0.4, 0.5) is 0 Å². The van der Waals surface area contributed by atoms with E-state index in [0.29, 0.717) is 11.4 Å². The van der Waals surface area contributed by atoms with Gasteiger partial charge in [0.2, 0.25) is 10.0 Å². The Balaban J connectivity index is 2.20. The van der Waals surface area contributed by atoms with Gasteiger partial charge in [-0.25, -0.2) is 13.1 Å². The number of hydrogen-bond donors (Lipinski definition) is 2. The van der Waals surface area contributed by atoms with E-state index in [-0.39, 0.29) is 6.04 Å². The Morgan fingerprint density at radius 3 is 2.68 bits per heavy atom. The summed E-state index contributed by atoms with van der Waals surface area (Å²) >= 11 is 2.99. The Labute approximate surface area is 121 Å². The van der Waals surface area contributed by atoms with Crippen LogP contribution in [-0.4, -0.2) is 15.5 Å². The van der Waals surface area contributed by atoms with Gasteiger partial charge in [0, 0.05) is 16.3 Å². The van der Waals surface area contributed by atoms with E-state index in [1.807, 2.05) is 24.4 Å². The topological polar surface area (TPSA) is 58.2 Å². The fourth-order valence-electron chi connectivity index (χ4n) is 1.75. The molecule has 2 aromatic rings. The minimum absolute atomic E-state index is 0.215. The first-order valence-electron chi connectivity index (χ1n) is 5.81. The molecule has 4 nitrogen and oxygen atoms in total. The predicted octanol–water partition coefficient (Wildman–Crippen LogP) is 2.57. The molecule has 0 saturated heterocycles. The van der Waals surface area contributed by atoms with Crippen LogP contribution >= 0.6 is 22.7 Å². The number of hydrogen-bond acceptors (Lipinski definition) is 5. The molecule has 19 heavy (non-hydrogen) atoms. The average Bonchev–Trinajstić information content (AvgIpc) is 2.99. The van der Waals surface area contributed by atoms with Gasteiger partial charge in [-0.05, 0) is 36.9 Å². The Kier molecular flexibility index (Phi) is 4.75. The van der Waals surface area contributed by atoms with Crippen molar-refractivity contribution in [2.45, 2.75) is 24.4 Å². The molecule has 2 N–H and O–H groups in total. The van der Waals surface area contributed by atoms with Gasteiger partial charge in [-0.3, -0.25) is 0 Å². The maximum Gasteiger partial charge on any atom is 0.242 e. The van der Waals surface area contributed by atoms with Crippen molar-refractivity contribution in [3.05, 3.63) is 38.7 Å². The lowest BCUT2D eigenvalue weighted by atomic mass is 10.3. The van der Waals surface area contributed by atoms with Crippen molar-refractivity contribution >= 4 is 32.7 Å². The Morgan fingerprint density at radius 1 is 1.26 bits per heavy atom. The average molecular weight is 316 g/mol. The molecule has 1 unspecified atom stereocenters. The van der Waals surface area contributed by atoms with Crippen LogP contribution in [0.25, 0.3) is 0 Å². The molecule has 0 aliphatic heterocycles. The van der Waals surface area contributed by atoms with Crippen LogP contribution < -0.4 is 10.0 Å². The molecule has 0 fully saturated rings. The van der Waals surface area contributed by atoms with Crippen molar-refractivity contribution in [1.82, 2.24) is 10.0 Å². The molecular formula is C12H16N2O2S3. The van der Waals surface area contributed by atoms with Gasteiger partial charge in [0.1, 0.15) is 0 Å². The van der Waals surface area contributed by atoms with E-state index >= 15 is 0 Å². The van der Waals surface area contributed by atoms with E-state index in [9.17, 15) is 8.42 Å². The fraction of sp³-hybridized carbons (Fsp3) is 0.333. The third-order valence-corrected chi connectivity index (χ3v) is 6.36. The van der Waals surface area contributed by atoms with Crippen molar-refractivity contribution in [2.24, 2.45) is 0 Å². The SMILES string of the molecule is CNCc1sccc1S(=O)(=O)NC(C)c1cccs1. The van der Waals surface area contributed by atoms with Crippen LogP contribution in [0.15, 0.2) is 33.9 Å². The van der Waals surface area contributed by atoms with Crippen molar-refractivity contribution in [2.75, 3.05) is 7.05 Å². The molecule has 0 bridgehead atoms. The minimum atomic E-state index is -3.47. The number of thiophene rings is 2. The normalized spacial score (nSPS) is 13.6. The van der Waals surface area contributed by atoms with Crippen LogP contribution in [0, 0.1) is 0 Å².